The SMILES string of the molecule is CSc1nc(N2CCC3(CC2)CN(C(=O)OC(C)(C)C)C3)c2cnc(Cl)c(F)c2n1. The number of hydrogen-bond donors (Lipinski definition) is 0. The molecule has 2 aromatic heterocycles. The predicted octanol–water partition coefficient (Wildman–Crippen LogP) is 4.38. The maximum Gasteiger partial charge on any atom is 0.410 e. The Kier molecular flexibility index (Phi) is 5.47. The average molecular weight is 454 g/mol. The molecule has 0 saturated carbocycles. The van der Waals surface area contributed by atoms with Crippen LogP contribution in [0.3, 0.4) is 0 Å². The zero-order valence-electron chi connectivity index (χ0n) is 17.5. The van der Waals surface area contributed by atoms with Gasteiger partial charge in [0, 0.05) is 37.8 Å². The molecule has 2 aliphatic rings. The highest BCUT2D eigenvalue weighted by Gasteiger charge is 2.48. The number of halogens is 2. The van der Waals surface area contributed by atoms with Crippen LogP contribution in [-0.2, 0) is 4.74 Å². The van der Waals surface area contributed by atoms with Crippen LogP contribution >= 0.6 is 23.4 Å². The molecule has 7 nitrogen and oxygen atoms in total. The summed E-state index contributed by atoms with van der Waals surface area (Å²) in [4.78, 5) is 29.1. The molecule has 30 heavy (non-hydrogen) atoms. The summed E-state index contributed by atoms with van der Waals surface area (Å²) >= 11 is 7.22. The molecule has 1 amide bonds. The van der Waals surface area contributed by atoms with Gasteiger partial charge in [0.2, 0.25) is 0 Å². The number of pyridine rings is 1. The molecule has 162 valence electrons. The summed E-state index contributed by atoms with van der Waals surface area (Å²) in [6, 6.07) is 0. The lowest BCUT2D eigenvalue weighted by atomic mass is 9.72. The first-order valence-corrected chi connectivity index (χ1v) is 11.5. The number of aromatic nitrogens is 3. The van der Waals surface area contributed by atoms with Crippen molar-refractivity contribution >= 4 is 46.2 Å². The Bertz CT molecular complexity index is 983. The van der Waals surface area contributed by atoms with E-state index >= 15 is 0 Å². The van der Waals surface area contributed by atoms with Crippen LogP contribution in [0.15, 0.2) is 11.4 Å². The van der Waals surface area contributed by atoms with E-state index in [1.54, 1.807) is 4.90 Å². The van der Waals surface area contributed by atoms with Crippen LogP contribution in [0.25, 0.3) is 10.9 Å². The van der Waals surface area contributed by atoms with Gasteiger partial charge in [-0.15, -0.1) is 0 Å². The largest absolute Gasteiger partial charge is 0.444 e. The molecular weight excluding hydrogens is 429 g/mol. The Morgan fingerprint density at radius 1 is 1.27 bits per heavy atom. The summed E-state index contributed by atoms with van der Waals surface area (Å²) in [6.07, 6.45) is 5.00. The number of likely N-dealkylation sites (tertiary alicyclic amines) is 1. The lowest BCUT2D eigenvalue weighted by Crippen LogP contribution is -2.62. The van der Waals surface area contributed by atoms with Crippen LogP contribution in [0.5, 0.6) is 0 Å². The third kappa shape index (κ3) is 4.01. The minimum absolute atomic E-state index is 0.116. The number of thioether (sulfide) groups is 1. The molecule has 0 aliphatic carbocycles. The van der Waals surface area contributed by atoms with E-state index in [1.165, 1.54) is 18.0 Å². The minimum Gasteiger partial charge on any atom is -0.444 e. The fourth-order valence-electron chi connectivity index (χ4n) is 4.06. The van der Waals surface area contributed by atoms with Crippen LogP contribution < -0.4 is 4.90 Å². The fourth-order valence-corrected chi connectivity index (χ4v) is 4.56. The van der Waals surface area contributed by atoms with Gasteiger partial charge in [-0.25, -0.2) is 24.1 Å². The number of fused-ring (bicyclic) bond motifs is 1. The van der Waals surface area contributed by atoms with Crippen LogP contribution in [0.4, 0.5) is 15.0 Å². The first-order chi connectivity index (χ1) is 14.1. The van der Waals surface area contributed by atoms with E-state index in [0.29, 0.717) is 29.5 Å². The summed E-state index contributed by atoms with van der Waals surface area (Å²) < 4.78 is 20.0. The molecule has 2 aromatic rings. The molecule has 0 unspecified atom stereocenters. The molecule has 10 heteroatoms. The smallest absolute Gasteiger partial charge is 0.410 e. The Balaban J connectivity index is 1.48. The second-order valence-electron chi connectivity index (χ2n) is 8.98. The number of piperidine rings is 1. The van der Waals surface area contributed by atoms with E-state index < -0.39 is 11.4 Å². The second kappa shape index (κ2) is 7.67. The second-order valence-corrected chi connectivity index (χ2v) is 10.1. The Labute approximate surface area is 184 Å². The molecule has 1 spiro atoms. The van der Waals surface area contributed by atoms with Crippen LogP contribution in [-0.4, -0.2) is 64.0 Å². The van der Waals surface area contributed by atoms with Crippen LogP contribution in [0.2, 0.25) is 5.15 Å². The monoisotopic (exact) mass is 453 g/mol. The summed E-state index contributed by atoms with van der Waals surface area (Å²) in [5.41, 5.74) is -0.173. The molecule has 0 N–H and O–H groups in total. The molecule has 2 fully saturated rings. The van der Waals surface area contributed by atoms with Gasteiger partial charge >= 0.3 is 6.09 Å². The van der Waals surface area contributed by atoms with Crippen molar-refractivity contribution in [2.75, 3.05) is 37.3 Å². The van der Waals surface area contributed by atoms with E-state index in [2.05, 4.69) is 19.9 Å². The molecule has 0 atom stereocenters. The standard InChI is InChI=1S/C20H25ClFN5O2S/c1-19(2,3)29-18(28)27-10-20(11-27)5-7-26(8-6-20)16-12-9-23-15(21)13(22)14(12)24-17(25-16)30-4/h9H,5-8,10-11H2,1-4H3. The van der Waals surface area contributed by atoms with Crippen molar-refractivity contribution in [3.63, 3.8) is 0 Å². The van der Waals surface area contributed by atoms with Gasteiger partial charge in [-0.2, -0.15) is 0 Å². The topological polar surface area (TPSA) is 71.5 Å². The van der Waals surface area contributed by atoms with Crippen molar-refractivity contribution in [3.05, 3.63) is 17.2 Å². The molecule has 2 aliphatic heterocycles. The lowest BCUT2D eigenvalue weighted by Gasteiger charge is -2.53. The Morgan fingerprint density at radius 3 is 2.53 bits per heavy atom. The van der Waals surface area contributed by atoms with Crippen LogP contribution in [0, 0.1) is 11.2 Å². The normalized spacial score (nSPS) is 18.6. The summed E-state index contributed by atoms with van der Waals surface area (Å²) in [5.74, 6) is 0.0687. The number of ether oxygens (including phenoxy) is 1. The Hall–Kier alpha value is -1.87. The van der Waals surface area contributed by atoms with Gasteiger partial charge in [0.15, 0.2) is 16.1 Å². The van der Waals surface area contributed by atoms with Gasteiger partial charge in [0.05, 0.1) is 5.39 Å². The highest BCUT2D eigenvalue weighted by atomic mass is 35.5. The lowest BCUT2D eigenvalue weighted by molar-refractivity contribution is -0.0434. The third-order valence-electron chi connectivity index (χ3n) is 5.61. The highest BCUT2D eigenvalue weighted by molar-refractivity contribution is 7.98. The highest BCUT2D eigenvalue weighted by Crippen LogP contribution is 2.42. The van der Waals surface area contributed by atoms with Gasteiger partial charge in [-0.3, -0.25) is 0 Å². The van der Waals surface area contributed by atoms with Crippen molar-refractivity contribution in [2.45, 2.75) is 44.4 Å². The predicted molar refractivity (Wildman–Crippen MR) is 116 cm³/mol. The first-order valence-electron chi connectivity index (χ1n) is 9.89. The number of amides is 1. The zero-order valence-corrected chi connectivity index (χ0v) is 19.1. The number of anilines is 1. The maximum absolute atomic E-state index is 14.5. The summed E-state index contributed by atoms with van der Waals surface area (Å²) in [6.45, 7) is 8.58. The number of nitrogens with zero attached hydrogens (tertiary/aromatic N) is 5. The summed E-state index contributed by atoms with van der Waals surface area (Å²) in [7, 11) is 0. The Morgan fingerprint density at radius 2 is 1.93 bits per heavy atom. The van der Waals surface area contributed by atoms with Crippen molar-refractivity contribution in [1.82, 2.24) is 19.9 Å². The van der Waals surface area contributed by atoms with Crippen LogP contribution in [0.1, 0.15) is 33.6 Å². The number of carbonyl (C=O) groups is 1. The van der Waals surface area contributed by atoms with E-state index in [4.69, 9.17) is 16.3 Å². The molecule has 0 radical (unpaired) electrons. The molecular formula is C20H25ClFN5O2S. The molecule has 4 rings (SSSR count). The van der Waals surface area contributed by atoms with Crippen molar-refractivity contribution in [1.29, 1.82) is 0 Å². The van der Waals surface area contributed by atoms with E-state index in [9.17, 15) is 9.18 Å². The summed E-state index contributed by atoms with van der Waals surface area (Å²) in [5, 5.41) is 0.877. The quantitative estimate of drug-likeness (QED) is 0.379. The van der Waals surface area contributed by atoms with E-state index in [0.717, 1.165) is 25.9 Å². The van der Waals surface area contributed by atoms with Gasteiger partial charge in [0.1, 0.15) is 16.9 Å². The number of hydrogen-bond acceptors (Lipinski definition) is 7. The zero-order chi connectivity index (χ0) is 21.7. The number of rotatable bonds is 2. The maximum atomic E-state index is 14.5. The van der Waals surface area contributed by atoms with E-state index in [-0.39, 0.29) is 22.2 Å². The van der Waals surface area contributed by atoms with E-state index in [1.807, 2.05) is 27.0 Å². The van der Waals surface area contributed by atoms with Gasteiger partial charge < -0.3 is 14.5 Å². The first kappa shape index (κ1) is 21.4. The number of carbonyl (C=O) groups excluding carboxylic acids is 1. The molecule has 0 aromatic carbocycles. The molecule has 2 saturated heterocycles. The fraction of sp³-hybridized carbons (Fsp3) is 0.600. The van der Waals surface area contributed by atoms with Gasteiger partial charge in [0.25, 0.3) is 0 Å². The van der Waals surface area contributed by atoms with Gasteiger partial charge in [-0.05, 0) is 39.9 Å². The minimum atomic E-state index is -0.617. The van der Waals surface area contributed by atoms with Crippen molar-refractivity contribution in [3.8, 4) is 0 Å². The average Bonchev–Trinajstić information content (AvgIpc) is 2.67. The van der Waals surface area contributed by atoms with Gasteiger partial charge in [-0.1, -0.05) is 23.4 Å². The molecule has 4 heterocycles. The molecule has 0 bridgehead atoms. The van der Waals surface area contributed by atoms with Crippen molar-refractivity contribution in [2.24, 2.45) is 5.41 Å². The van der Waals surface area contributed by atoms with Crippen molar-refractivity contribution < 1.29 is 13.9 Å². The third-order valence-corrected chi connectivity index (χ3v) is 6.42.